The average Bonchev–Trinajstić information content (AvgIpc) is 2.73. The van der Waals surface area contributed by atoms with Crippen LogP contribution < -0.4 is 10.2 Å². The average molecular weight is 478 g/mol. The zero-order valence-corrected chi connectivity index (χ0v) is 18.9. The van der Waals surface area contributed by atoms with Crippen LogP contribution in [-0.2, 0) is 9.59 Å². The molecule has 1 atom stereocenters. The molecular weight excluding hydrogens is 452 g/mol. The summed E-state index contributed by atoms with van der Waals surface area (Å²) in [6.45, 7) is 1.96. The molecule has 1 fully saturated rings. The number of halogens is 2. The van der Waals surface area contributed by atoms with E-state index in [1.165, 1.54) is 11.3 Å². The van der Waals surface area contributed by atoms with Gasteiger partial charge in [0.1, 0.15) is 11.9 Å². The van der Waals surface area contributed by atoms with Crippen LogP contribution >= 0.6 is 27.5 Å². The van der Waals surface area contributed by atoms with Gasteiger partial charge in [0.15, 0.2) is 0 Å². The minimum absolute atomic E-state index is 0.151. The largest absolute Gasteiger partial charge is 0.351 e. The van der Waals surface area contributed by atoms with Gasteiger partial charge in [0.05, 0.1) is 0 Å². The number of carbonyl (C=O) groups excluding carboxylic acids is 2. The summed E-state index contributed by atoms with van der Waals surface area (Å²) >= 11 is 9.44. The fourth-order valence-electron chi connectivity index (χ4n) is 3.95. The molecule has 1 aliphatic rings. The molecule has 29 heavy (non-hydrogen) atoms. The van der Waals surface area contributed by atoms with Crippen LogP contribution in [0.5, 0.6) is 0 Å². The topological polar surface area (TPSA) is 49.4 Å². The van der Waals surface area contributed by atoms with E-state index < -0.39 is 6.04 Å². The summed E-state index contributed by atoms with van der Waals surface area (Å²) in [7, 11) is 0. The van der Waals surface area contributed by atoms with Crippen molar-refractivity contribution < 1.29 is 9.59 Å². The van der Waals surface area contributed by atoms with E-state index >= 15 is 0 Å². The van der Waals surface area contributed by atoms with Gasteiger partial charge in [0, 0.05) is 16.2 Å². The number of carbonyl (C=O) groups is 2. The summed E-state index contributed by atoms with van der Waals surface area (Å²) in [5, 5.41) is 3.20. The third-order valence-electron chi connectivity index (χ3n) is 5.41. The van der Waals surface area contributed by atoms with Gasteiger partial charge in [-0.1, -0.05) is 65.5 Å². The summed E-state index contributed by atoms with van der Waals surface area (Å²) < 4.78 is 0.832. The Bertz CT molecular complexity index is 867. The molecule has 2 amide bonds. The minimum Gasteiger partial charge on any atom is -0.351 e. The summed E-state index contributed by atoms with van der Waals surface area (Å²) in [6.07, 6.45) is 5.41. The third kappa shape index (κ3) is 5.40. The summed E-state index contributed by atoms with van der Waals surface area (Å²) in [6, 6.07) is 14.5. The molecule has 6 heteroatoms. The molecule has 154 valence electrons. The Balaban J connectivity index is 2.04. The zero-order valence-electron chi connectivity index (χ0n) is 16.5. The molecule has 0 bridgehead atoms. The van der Waals surface area contributed by atoms with Gasteiger partial charge in [-0.15, -0.1) is 11.6 Å². The molecule has 0 aromatic heterocycles. The minimum atomic E-state index is -0.779. The first-order valence-electron chi connectivity index (χ1n) is 10.0. The molecule has 2 aromatic rings. The van der Waals surface area contributed by atoms with Crippen molar-refractivity contribution in [3.63, 3.8) is 0 Å². The molecular formula is C23H26BrClN2O2. The third-order valence-corrected chi connectivity index (χ3v) is 6.13. The highest BCUT2D eigenvalue weighted by Crippen LogP contribution is 2.32. The van der Waals surface area contributed by atoms with E-state index in [1.807, 2.05) is 55.5 Å². The number of aryl methyl sites for hydroxylation is 1. The van der Waals surface area contributed by atoms with Gasteiger partial charge in [-0.05, 0) is 49.1 Å². The van der Waals surface area contributed by atoms with Crippen LogP contribution in [-0.4, -0.2) is 23.7 Å². The van der Waals surface area contributed by atoms with Gasteiger partial charge in [0.2, 0.25) is 11.8 Å². The van der Waals surface area contributed by atoms with Crippen LogP contribution in [0.1, 0.15) is 49.3 Å². The van der Waals surface area contributed by atoms with Crippen molar-refractivity contribution >= 4 is 45.0 Å². The SMILES string of the molecule is Cc1ccccc1C(C(=O)NC1CCCCC1)N(C(=O)CCl)c1cccc(Br)c1. The van der Waals surface area contributed by atoms with Crippen molar-refractivity contribution in [1.29, 1.82) is 0 Å². The Kier molecular flexibility index (Phi) is 7.73. The molecule has 1 unspecified atom stereocenters. The highest BCUT2D eigenvalue weighted by molar-refractivity contribution is 9.10. The van der Waals surface area contributed by atoms with Crippen molar-refractivity contribution in [3.8, 4) is 0 Å². The lowest BCUT2D eigenvalue weighted by atomic mass is 9.94. The number of rotatable bonds is 6. The van der Waals surface area contributed by atoms with Gasteiger partial charge in [-0.25, -0.2) is 0 Å². The molecule has 0 heterocycles. The predicted octanol–water partition coefficient (Wildman–Crippen LogP) is 5.52. The monoisotopic (exact) mass is 476 g/mol. The number of amides is 2. The molecule has 2 aromatic carbocycles. The van der Waals surface area contributed by atoms with Crippen LogP contribution in [0, 0.1) is 6.92 Å². The zero-order chi connectivity index (χ0) is 20.8. The fourth-order valence-corrected chi connectivity index (χ4v) is 4.46. The molecule has 0 aliphatic heterocycles. The molecule has 0 radical (unpaired) electrons. The second-order valence-corrected chi connectivity index (χ2v) is 8.66. The number of nitrogens with zero attached hydrogens (tertiary/aromatic N) is 1. The quantitative estimate of drug-likeness (QED) is 0.557. The molecule has 1 aliphatic carbocycles. The Morgan fingerprint density at radius 1 is 1.14 bits per heavy atom. The first-order chi connectivity index (χ1) is 14.0. The van der Waals surface area contributed by atoms with Crippen LogP contribution in [0.3, 0.4) is 0 Å². The van der Waals surface area contributed by atoms with Gasteiger partial charge in [0.25, 0.3) is 0 Å². The number of hydrogen-bond acceptors (Lipinski definition) is 2. The first-order valence-corrected chi connectivity index (χ1v) is 11.3. The van der Waals surface area contributed by atoms with E-state index in [9.17, 15) is 9.59 Å². The fraction of sp³-hybridized carbons (Fsp3) is 0.391. The van der Waals surface area contributed by atoms with Crippen LogP contribution in [0.25, 0.3) is 0 Å². The molecule has 1 N–H and O–H groups in total. The van der Waals surface area contributed by atoms with E-state index in [1.54, 1.807) is 0 Å². The van der Waals surface area contributed by atoms with Crippen LogP contribution in [0.15, 0.2) is 53.0 Å². The Labute approximate surface area is 185 Å². The standard InChI is InChI=1S/C23H26BrClN2O2/c1-16-8-5-6-13-20(16)22(23(29)26-18-10-3-2-4-11-18)27(21(28)15-25)19-12-7-9-17(24)14-19/h5-9,12-14,18,22H,2-4,10-11,15H2,1H3,(H,26,29). The molecule has 0 spiro atoms. The number of anilines is 1. The lowest BCUT2D eigenvalue weighted by Crippen LogP contribution is -2.48. The maximum absolute atomic E-state index is 13.5. The van der Waals surface area contributed by atoms with Gasteiger partial charge in [-0.2, -0.15) is 0 Å². The Morgan fingerprint density at radius 3 is 2.52 bits per heavy atom. The summed E-state index contributed by atoms with van der Waals surface area (Å²) in [4.78, 5) is 28.0. The van der Waals surface area contributed by atoms with E-state index in [0.29, 0.717) is 5.69 Å². The van der Waals surface area contributed by atoms with Crippen molar-refractivity contribution in [1.82, 2.24) is 5.32 Å². The molecule has 3 rings (SSSR count). The number of hydrogen-bond donors (Lipinski definition) is 1. The number of alkyl halides is 1. The molecule has 0 saturated heterocycles. The highest BCUT2D eigenvalue weighted by Gasteiger charge is 2.34. The maximum atomic E-state index is 13.5. The van der Waals surface area contributed by atoms with Gasteiger partial charge >= 0.3 is 0 Å². The number of nitrogens with one attached hydrogen (secondary N) is 1. The van der Waals surface area contributed by atoms with Gasteiger partial charge in [-0.3, -0.25) is 14.5 Å². The van der Waals surface area contributed by atoms with Crippen LogP contribution in [0.2, 0.25) is 0 Å². The van der Waals surface area contributed by atoms with E-state index in [4.69, 9.17) is 11.6 Å². The predicted molar refractivity (Wildman–Crippen MR) is 121 cm³/mol. The summed E-state index contributed by atoms with van der Waals surface area (Å²) in [5.74, 6) is -0.674. The van der Waals surface area contributed by atoms with E-state index in [-0.39, 0.29) is 23.7 Å². The molecule has 4 nitrogen and oxygen atoms in total. The highest BCUT2D eigenvalue weighted by atomic mass is 79.9. The lowest BCUT2D eigenvalue weighted by molar-refractivity contribution is -0.126. The van der Waals surface area contributed by atoms with Crippen molar-refractivity contribution in [2.75, 3.05) is 10.8 Å². The van der Waals surface area contributed by atoms with Crippen molar-refractivity contribution in [2.45, 2.75) is 51.1 Å². The Morgan fingerprint density at radius 2 is 1.86 bits per heavy atom. The first kappa shape index (κ1) is 21.8. The Hall–Kier alpha value is -1.85. The molecule has 1 saturated carbocycles. The smallest absolute Gasteiger partial charge is 0.248 e. The van der Waals surface area contributed by atoms with Crippen molar-refractivity contribution in [3.05, 3.63) is 64.1 Å². The van der Waals surface area contributed by atoms with E-state index in [0.717, 1.165) is 41.3 Å². The van der Waals surface area contributed by atoms with E-state index in [2.05, 4.69) is 21.2 Å². The lowest BCUT2D eigenvalue weighted by Gasteiger charge is -2.34. The van der Waals surface area contributed by atoms with Crippen LogP contribution in [0.4, 0.5) is 5.69 Å². The second kappa shape index (κ2) is 10.3. The maximum Gasteiger partial charge on any atom is 0.248 e. The van der Waals surface area contributed by atoms with Crippen molar-refractivity contribution in [2.24, 2.45) is 0 Å². The second-order valence-electron chi connectivity index (χ2n) is 7.48. The normalized spacial score (nSPS) is 15.6. The number of benzene rings is 2. The van der Waals surface area contributed by atoms with Gasteiger partial charge < -0.3 is 5.32 Å². The summed E-state index contributed by atoms with van der Waals surface area (Å²) in [5.41, 5.74) is 2.40.